The number of thioether (sulfide) groups is 1. The summed E-state index contributed by atoms with van der Waals surface area (Å²) in [6.07, 6.45) is 1.68. The summed E-state index contributed by atoms with van der Waals surface area (Å²) in [7, 11) is 0. The molecule has 1 aliphatic rings. The number of carbonyl (C=O) groups excluding carboxylic acids is 2. The second-order valence-electron chi connectivity index (χ2n) is 6.05. The molecule has 3 rings (SSSR count). The lowest BCUT2D eigenvalue weighted by molar-refractivity contribution is -0.137. The van der Waals surface area contributed by atoms with E-state index in [1.807, 2.05) is 54.6 Å². The Hall–Kier alpha value is -2.53. The fraction of sp³-hybridized carbons (Fsp3) is 0.200. The quantitative estimate of drug-likeness (QED) is 0.659. The van der Waals surface area contributed by atoms with Gasteiger partial charge in [-0.1, -0.05) is 60.3 Å². The molecule has 0 saturated carbocycles. The Kier molecular flexibility index (Phi) is 4.95. The monoisotopic (exact) mass is 352 g/mol. The molecular weight excluding hydrogens is 332 g/mol. The number of rotatable bonds is 5. The molecule has 0 spiro atoms. The minimum Gasteiger partial charge on any atom is -0.333 e. The third-order valence-electron chi connectivity index (χ3n) is 4.14. The minimum absolute atomic E-state index is 0.215. The number of hydrogen-bond acceptors (Lipinski definition) is 3. The van der Waals surface area contributed by atoms with E-state index in [0.717, 1.165) is 16.1 Å². The Morgan fingerprint density at radius 2 is 1.88 bits per heavy atom. The Bertz CT molecular complexity index is 806. The molecule has 2 aromatic carbocycles. The third-order valence-corrected chi connectivity index (χ3v) is 5.49. The van der Waals surface area contributed by atoms with Gasteiger partial charge in [-0.25, -0.2) is 0 Å². The van der Waals surface area contributed by atoms with E-state index in [0.29, 0.717) is 13.1 Å². The van der Waals surface area contributed by atoms with E-state index in [-0.39, 0.29) is 11.8 Å². The summed E-state index contributed by atoms with van der Waals surface area (Å²) in [6.45, 7) is 6.26. The average Bonchev–Trinajstić information content (AvgIpc) is 2.62. The summed E-state index contributed by atoms with van der Waals surface area (Å²) < 4.78 is -1.20. The van der Waals surface area contributed by atoms with Crippen LogP contribution in [0.2, 0.25) is 0 Å². The summed E-state index contributed by atoms with van der Waals surface area (Å²) in [5.41, 5.74) is 1.77. The van der Waals surface area contributed by atoms with Gasteiger partial charge >= 0.3 is 0 Å². The van der Waals surface area contributed by atoms with Gasteiger partial charge in [-0.3, -0.25) is 9.59 Å². The van der Waals surface area contributed by atoms with E-state index in [4.69, 9.17) is 0 Å². The fourth-order valence-electron chi connectivity index (χ4n) is 2.79. The molecule has 0 aromatic heterocycles. The normalized spacial score (nSPS) is 18.8. The van der Waals surface area contributed by atoms with Crippen LogP contribution >= 0.6 is 11.8 Å². The first-order chi connectivity index (χ1) is 12.0. The number of nitrogens with zero attached hydrogens (tertiary/aromatic N) is 1. The average molecular weight is 352 g/mol. The predicted octanol–water partition coefficient (Wildman–Crippen LogP) is 3.70. The minimum atomic E-state index is -1.20. The molecule has 1 atom stereocenters. The van der Waals surface area contributed by atoms with Gasteiger partial charge in [0, 0.05) is 18.0 Å². The maximum Gasteiger partial charge on any atom is 0.250 e. The molecule has 4 nitrogen and oxygen atoms in total. The molecule has 2 amide bonds. The van der Waals surface area contributed by atoms with Crippen LogP contribution < -0.4 is 5.32 Å². The summed E-state index contributed by atoms with van der Waals surface area (Å²) >= 11 is 1.30. The van der Waals surface area contributed by atoms with Gasteiger partial charge in [0.25, 0.3) is 0 Å². The molecule has 1 heterocycles. The van der Waals surface area contributed by atoms with Crippen LogP contribution in [0.1, 0.15) is 12.5 Å². The maximum atomic E-state index is 13.2. The smallest absolute Gasteiger partial charge is 0.250 e. The molecule has 0 fully saturated rings. The highest BCUT2D eigenvalue weighted by atomic mass is 32.2. The van der Waals surface area contributed by atoms with Crippen molar-refractivity contribution in [2.24, 2.45) is 0 Å². The number of nitrogens with one attached hydrogen (secondary N) is 1. The largest absolute Gasteiger partial charge is 0.333 e. The SMILES string of the molecule is C=CCN(Cc1ccccc1)C(=O)C1(C)Sc2ccccc2NC1=O. The van der Waals surface area contributed by atoms with Gasteiger partial charge in [0.05, 0.1) is 5.69 Å². The molecule has 1 unspecified atom stereocenters. The first-order valence-corrected chi connectivity index (χ1v) is 8.90. The molecule has 0 saturated heterocycles. The van der Waals surface area contributed by atoms with E-state index in [1.165, 1.54) is 11.8 Å². The maximum absolute atomic E-state index is 13.2. The summed E-state index contributed by atoms with van der Waals surface area (Å²) in [4.78, 5) is 28.5. The summed E-state index contributed by atoms with van der Waals surface area (Å²) in [6, 6.07) is 17.3. The van der Waals surface area contributed by atoms with Crippen molar-refractivity contribution in [3.63, 3.8) is 0 Å². The lowest BCUT2D eigenvalue weighted by atomic mass is 10.1. The standard InChI is InChI=1S/C20H20N2O2S/c1-3-13-22(14-15-9-5-4-6-10-15)19(24)20(2)18(23)21-16-11-7-8-12-17(16)25-20/h3-12H,1,13-14H2,2H3,(H,21,23). The van der Waals surface area contributed by atoms with E-state index in [1.54, 1.807) is 17.9 Å². The summed E-state index contributed by atoms with van der Waals surface area (Å²) in [5.74, 6) is -0.503. The van der Waals surface area contributed by atoms with Crippen LogP contribution in [0.5, 0.6) is 0 Å². The second-order valence-corrected chi connectivity index (χ2v) is 7.51. The zero-order valence-corrected chi connectivity index (χ0v) is 14.9. The van der Waals surface area contributed by atoms with E-state index in [2.05, 4.69) is 11.9 Å². The van der Waals surface area contributed by atoms with Crippen LogP contribution in [0, 0.1) is 0 Å². The Labute approximate surface area is 151 Å². The Morgan fingerprint density at radius 1 is 1.20 bits per heavy atom. The van der Waals surface area contributed by atoms with Crippen LogP contribution in [0.3, 0.4) is 0 Å². The number of para-hydroxylation sites is 1. The molecule has 25 heavy (non-hydrogen) atoms. The van der Waals surface area contributed by atoms with Gasteiger partial charge in [0.1, 0.15) is 0 Å². The second kappa shape index (κ2) is 7.15. The van der Waals surface area contributed by atoms with Crippen LogP contribution in [0.15, 0.2) is 72.1 Å². The molecule has 0 radical (unpaired) electrons. The molecule has 1 N–H and O–H groups in total. The molecule has 2 aromatic rings. The van der Waals surface area contributed by atoms with Crippen molar-refractivity contribution < 1.29 is 9.59 Å². The number of fused-ring (bicyclic) bond motifs is 1. The van der Waals surface area contributed by atoms with Gasteiger partial charge in [0.15, 0.2) is 4.75 Å². The third kappa shape index (κ3) is 3.46. The molecule has 1 aliphatic heterocycles. The van der Waals surface area contributed by atoms with Crippen molar-refractivity contribution in [1.29, 1.82) is 0 Å². The van der Waals surface area contributed by atoms with Crippen molar-refractivity contribution in [3.05, 3.63) is 72.8 Å². The van der Waals surface area contributed by atoms with Crippen LogP contribution in [-0.4, -0.2) is 28.0 Å². The number of anilines is 1. The lowest BCUT2D eigenvalue weighted by Crippen LogP contribution is -2.53. The highest BCUT2D eigenvalue weighted by Crippen LogP contribution is 2.43. The topological polar surface area (TPSA) is 49.4 Å². The predicted molar refractivity (Wildman–Crippen MR) is 101 cm³/mol. The van der Waals surface area contributed by atoms with Crippen molar-refractivity contribution in [2.45, 2.75) is 23.1 Å². The van der Waals surface area contributed by atoms with Gasteiger partial charge in [-0.15, -0.1) is 6.58 Å². The first-order valence-electron chi connectivity index (χ1n) is 8.08. The molecule has 0 bridgehead atoms. The van der Waals surface area contributed by atoms with Crippen molar-refractivity contribution in [2.75, 3.05) is 11.9 Å². The molecular formula is C20H20N2O2S. The number of hydrogen-bond donors (Lipinski definition) is 1. The highest BCUT2D eigenvalue weighted by Gasteiger charge is 2.47. The van der Waals surface area contributed by atoms with Gasteiger partial charge < -0.3 is 10.2 Å². The van der Waals surface area contributed by atoms with E-state index >= 15 is 0 Å². The summed E-state index contributed by atoms with van der Waals surface area (Å²) in [5, 5.41) is 2.86. The molecule has 5 heteroatoms. The van der Waals surface area contributed by atoms with Crippen LogP contribution in [0.25, 0.3) is 0 Å². The Balaban J connectivity index is 1.88. The van der Waals surface area contributed by atoms with E-state index < -0.39 is 4.75 Å². The number of benzene rings is 2. The number of carbonyl (C=O) groups is 2. The van der Waals surface area contributed by atoms with Gasteiger partial charge in [-0.2, -0.15) is 0 Å². The van der Waals surface area contributed by atoms with Crippen molar-refractivity contribution in [1.82, 2.24) is 4.90 Å². The Morgan fingerprint density at radius 3 is 2.60 bits per heavy atom. The van der Waals surface area contributed by atoms with Crippen molar-refractivity contribution >= 4 is 29.3 Å². The molecule has 128 valence electrons. The van der Waals surface area contributed by atoms with E-state index in [9.17, 15) is 9.59 Å². The first kappa shape index (κ1) is 17.3. The van der Waals surface area contributed by atoms with Gasteiger partial charge in [0.2, 0.25) is 11.8 Å². The lowest BCUT2D eigenvalue weighted by Gasteiger charge is -2.36. The van der Waals surface area contributed by atoms with Crippen LogP contribution in [0.4, 0.5) is 5.69 Å². The van der Waals surface area contributed by atoms with Crippen molar-refractivity contribution in [3.8, 4) is 0 Å². The zero-order chi connectivity index (χ0) is 17.9. The molecule has 0 aliphatic carbocycles. The fourth-order valence-corrected chi connectivity index (χ4v) is 3.96. The zero-order valence-electron chi connectivity index (χ0n) is 14.1. The number of amides is 2. The van der Waals surface area contributed by atoms with Gasteiger partial charge in [-0.05, 0) is 24.6 Å². The highest BCUT2D eigenvalue weighted by molar-refractivity contribution is 8.02. The van der Waals surface area contributed by atoms with Crippen LogP contribution in [-0.2, 0) is 16.1 Å².